The Morgan fingerprint density at radius 2 is 0.494 bits per heavy atom. The molecular formula is C73H130O6. The molecule has 0 saturated heterocycles. The van der Waals surface area contributed by atoms with Crippen molar-refractivity contribution in [2.24, 2.45) is 0 Å². The van der Waals surface area contributed by atoms with Crippen molar-refractivity contribution in [2.45, 2.75) is 361 Å². The van der Waals surface area contributed by atoms with Gasteiger partial charge in [-0.15, -0.1) is 0 Å². The van der Waals surface area contributed by atoms with Crippen molar-refractivity contribution >= 4 is 17.9 Å². The normalized spacial score (nSPS) is 12.5. The van der Waals surface area contributed by atoms with Crippen LogP contribution < -0.4 is 0 Å². The van der Waals surface area contributed by atoms with Gasteiger partial charge in [0.05, 0.1) is 0 Å². The minimum Gasteiger partial charge on any atom is -0.462 e. The van der Waals surface area contributed by atoms with Crippen molar-refractivity contribution in [1.82, 2.24) is 0 Å². The number of unbranched alkanes of at least 4 members (excludes halogenated alkanes) is 40. The zero-order valence-corrected chi connectivity index (χ0v) is 52.6. The summed E-state index contributed by atoms with van der Waals surface area (Å²) in [5.41, 5.74) is 0. The number of esters is 3. The Morgan fingerprint density at radius 1 is 0.266 bits per heavy atom. The predicted molar refractivity (Wildman–Crippen MR) is 344 cm³/mol. The van der Waals surface area contributed by atoms with Crippen LogP contribution in [0.15, 0.2) is 72.9 Å². The standard InChI is InChI=1S/C73H130O6/c1-4-7-10-13-16-19-22-25-28-30-32-34-35-36-37-39-40-42-45-48-51-54-57-60-63-66-72(75)78-69-70(68-77-71(74)65-62-59-56-53-50-47-44-27-24-21-18-15-12-9-6-3)79-73(76)67-64-61-58-55-52-49-46-43-41-38-33-31-29-26-23-20-17-14-11-8-5-2/h8,11,17,20,26,29-30,32-33,38,43,46,70H,4-7,9-10,12-16,18-19,21-25,27-28,31,34-37,39-42,44-45,47-69H2,1-3H3/b11-8-,20-17-,29-26-,32-30-,38-33-,46-43-. The van der Waals surface area contributed by atoms with Crippen LogP contribution in [0.5, 0.6) is 0 Å². The second-order valence-electron chi connectivity index (χ2n) is 23.1. The first kappa shape index (κ1) is 75.8. The van der Waals surface area contributed by atoms with Gasteiger partial charge in [-0.25, -0.2) is 0 Å². The highest BCUT2D eigenvalue weighted by Crippen LogP contribution is 2.17. The fourth-order valence-corrected chi connectivity index (χ4v) is 10.1. The maximum absolute atomic E-state index is 12.9. The molecule has 0 radical (unpaired) electrons. The minimum atomic E-state index is -0.786. The van der Waals surface area contributed by atoms with Gasteiger partial charge in [-0.1, -0.05) is 318 Å². The smallest absolute Gasteiger partial charge is 0.306 e. The summed E-state index contributed by atoms with van der Waals surface area (Å²) >= 11 is 0. The van der Waals surface area contributed by atoms with Crippen LogP contribution in [-0.4, -0.2) is 37.2 Å². The van der Waals surface area contributed by atoms with Crippen molar-refractivity contribution in [1.29, 1.82) is 0 Å². The molecule has 0 aliphatic heterocycles. The van der Waals surface area contributed by atoms with Crippen LogP contribution in [-0.2, 0) is 28.6 Å². The van der Waals surface area contributed by atoms with Crippen LogP contribution in [0.1, 0.15) is 355 Å². The summed E-state index contributed by atoms with van der Waals surface area (Å²) in [4.78, 5) is 38.4. The van der Waals surface area contributed by atoms with Crippen LogP contribution >= 0.6 is 0 Å². The zero-order chi connectivity index (χ0) is 57.1. The molecule has 1 unspecified atom stereocenters. The lowest BCUT2D eigenvalue weighted by molar-refractivity contribution is -0.167. The molecule has 0 aromatic rings. The summed E-state index contributed by atoms with van der Waals surface area (Å²) in [6.07, 6.45) is 87.8. The Labute approximate surface area is 491 Å². The van der Waals surface area contributed by atoms with Crippen molar-refractivity contribution in [2.75, 3.05) is 13.2 Å². The molecule has 0 amide bonds. The number of hydrogen-bond donors (Lipinski definition) is 0. The largest absolute Gasteiger partial charge is 0.462 e. The lowest BCUT2D eigenvalue weighted by Gasteiger charge is -2.18. The zero-order valence-electron chi connectivity index (χ0n) is 52.6. The Balaban J connectivity index is 4.33. The maximum Gasteiger partial charge on any atom is 0.306 e. The summed E-state index contributed by atoms with van der Waals surface area (Å²) < 4.78 is 17.0. The summed E-state index contributed by atoms with van der Waals surface area (Å²) in [5, 5.41) is 0. The van der Waals surface area contributed by atoms with E-state index in [4.69, 9.17) is 14.2 Å². The van der Waals surface area contributed by atoms with Gasteiger partial charge in [-0.2, -0.15) is 0 Å². The summed E-state index contributed by atoms with van der Waals surface area (Å²) in [6.45, 7) is 6.57. The van der Waals surface area contributed by atoms with E-state index in [-0.39, 0.29) is 31.1 Å². The number of rotatable bonds is 63. The molecule has 0 fully saturated rings. The molecular weight excluding hydrogens is 973 g/mol. The third kappa shape index (κ3) is 65.5. The van der Waals surface area contributed by atoms with Crippen molar-refractivity contribution < 1.29 is 28.6 Å². The van der Waals surface area contributed by atoms with E-state index in [0.717, 1.165) is 109 Å². The van der Waals surface area contributed by atoms with Crippen molar-refractivity contribution in [3.8, 4) is 0 Å². The van der Waals surface area contributed by atoms with Crippen LogP contribution in [0.2, 0.25) is 0 Å². The molecule has 0 bridgehead atoms. The first-order chi connectivity index (χ1) is 39.0. The summed E-state index contributed by atoms with van der Waals surface area (Å²) in [6, 6.07) is 0. The number of carbonyl (C=O) groups excluding carboxylic acids is 3. The highest BCUT2D eigenvalue weighted by Gasteiger charge is 2.19. The third-order valence-corrected chi connectivity index (χ3v) is 15.2. The van der Waals surface area contributed by atoms with Gasteiger partial charge in [0.15, 0.2) is 6.10 Å². The molecule has 0 aromatic carbocycles. The SMILES string of the molecule is CC/C=C\C/C=C\C/C=C\C/C=C\C/C=C\CCCCCCCC(=O)OC(COC(=O)CCCCCCCCCCCCCCC/C=C\CCCCCCCCCC)COC(=O)CCCCCCCCCCCCCCCCC. The fraction of sp³-hybridized carbons (Fsp3) is 0.795. The van der Waals surface area contributed by atoms with Crippen LogP contribution in [0, 0.1) is 0 Å². The second kappa shape index (κ2) is 67.4. The average molecular weight is 1100 g/mol. The predicted octanol–water partition coefficient (Wildman–Crippen LogP) is 23.7. The molecule has 79 heavy (non-hydrogen) atoms. The highest BCUT2D eigenvalue weighted by atomic mass is 16.6. The lowest BCUT2D eigenvalue weighted by atomic mass is 10.0. The Kier molecular flexibility index (Phi) is 64.7. The van der Waals surface area contributed by atoms with E-state index in [2.05, 4.69) is 93.7 Å². The minimum absolute atomic E-state index is 0.0796. The van der Waals surface area contributed by atoms with Gasteiger partial charge >= 0.3 is 17.9 Å². The maximum atomic E-state index is 12.9. The number of hydrogen-bond acceptors (Lipinski definition) is 6. The van der Waals surface area contributed by atoms with Gasteiger partial charge in [-0.3, -0.25) is 14.4 Å². The average Bonchev–Trinajstić information content (AvgIpc) is 3.45. The van der Waals surface area contributed by atoms with E-state index in [0.29, 0.717) is 19.3 Å². The van der Waals surface area contributed by atoms with E-state index in [1.807, 2.05) is 0 Å². The van der Waals surface area contributed by atoms with E-state index in [1.165, 1.54) is 205 Å². The second-order valence-corrected chi connectivity index (χ2v) is 23.1. The molecule has 1 atom stereocenters. The molecule has 0 saturated carbocycles. The third-order valence-electron chi connectivity index (χ3n) is 15.2. The molecule has 0 aromatic heterocycles. The molecule has 6 nitrogen and oxygen atoms in total. The lowest BCUT2D eigenvalue weighted by Crippen LogP contribution is -2.30. The van der Waals surface area contributed by atoms with E-state index >= 15 is 0 Å². The molecule has 0 heterocycles. The molecule has 0 aliphatic carbocycles. The van der Waals surface area contributed by atoms with Crippen LogP contribution in [0.3, 0.4) is 0 Å². The van der Waals surface area contributed by atoms with E-state index in [9.17, 15) is 14.4 Å². The van der Waals surface area contributed by atoms with Crippen molar-refractivity contribution in [3.63, 3.8) is 0 Å². The first-order valence-electron chi connectivity index (χ1n) is 34.4. The number of carbonyl (C=O) groups is 3. The van der Waals surface area contributed by atoms with E-state index < -0.39 is 6.10 Å². The van der Waals surface area contributed by atoms with Crippen LogP contribution in [0.4, 0.5) is 0 Å². The van der Waals surface area contributed by atoms with Gasteiger partial charge in [0, 0.05) is 19.3 Å². The van der Waals surface area contributed by atoms with Gasteiger partial charge in [0.1, 0.15) is 13.2 Å². The van der Waals surface area contributed by atoms with Gasteiger partial charge < -0.3 is 14.2 Å². The Morgan fingerprint density at radius 3 is 0.785 bits per heavy atom. The van der Waals surface area contributed by atoms with Gasteiger partial charge in [0.2, 0.25) is 0 Å². The Hall–Kier alpha value is -3.15. The molecule has 458 valence electrons. The summed E-state index contributed by atoms with van der Waals surface area (Å²) in [5.74, 6) is -0.878. The topological polar surface area (TPSA) is 78.9 Å². The van der Waals surface area contributed by atoms with Gasteiger partial charge in [0.25, 0.3) is 0 Å². The molecule has 0 rings (SSSR count). The number of ether oxygens (including phenoxy) is 3. The van der Waals surface area contributed by atoms with Crippen molar-refractivity contribution in [3.05, 3.63) is 72.9 Å². The number of allylic oxidation sites excluding steroid dienone is 12. The van der Waals surface area contributed by atoms with Gasteiger partial charge in [-0.05, 0) is 89.9 Å². The molecule has 6 heteroatoms. The van der Waals surface area contributed by atoms with Crippen LogP contribution in [0.25, 0.3) is 0 Å². The first-order valence-corrected chi connectivity index (χ1v) is 34.4. The summed E-state index contributed by atoms with van der Waals surface area (Å²) in [7, 11) is 0. The quantitative estimate of drug-likeness (QED) is 0.0261. The fourth-order valence-electron chi connectivity index (χ4n) is 10.1. The Bertz CT molecular complexity index is 1450. The monoisotopic (exact) mass is 1100 g/mol. The molecule has 0 aliphatic rings. The highest BCUT2D eigenvalue weighted by molar-refractivity contribution is 5.71. The van der Waals surface area contributed by atoms with E-state index in [1.54, 1.807) is 0 Å². The molecule has 0 spiro atoms. The molecule has 0 N–H and O–H groups in total.